The molecule has 1 aromatic carbocycles. The van der Waals surface area contributed by atoms with Gasteiger partial charge in [0.2, 0.25) is 6.10 Å². The lowest BCUT2D eigenvalue weighted by molar-refractivity contribution is -0.191. The zero-order valence-electron chi connectivity index (χ0n) is 8.69. The number of hydrogen-bond acceptors (Lipinski definition) is 2. The lowest BCUT2D eigenvalue weighted by Gasteiger charge is -2.29. The molecular formula is C10H7F6NO. The van der Waals surface area contributed by atoms with Crippen LogP contribution in [0.3, 0.4) is 0 Å². The fourth-order valence-electron chi connectivity index (χ4n) is 1.53. The third kappa shape index (κ3) is 2.46. The number of ether oxygens (including phenoxy) is 1. The van der Waals surface area contributed by atoms with Gasteiger partial charge >= 0.3 is 12.4 Å². The first-order valence-electron chi connectivity index (χ1n) is 4.86. The predicted octanol–water partition coefficient (Wildman–Crippen LogP) is 3.44. The summed E-state index contributed by atoms with van der Waals surface area (Å²) >= 11 is 0. The molecule has 18 heavy (non-hydrogen) atoms. The van der Waals surface area contributed by atoms with Crippen LogP contribution < -0.4 is 10.1 Å². The topological polar surface area (TPSA) is 21.3 Å². The van der Waals surface area contributed by atoms with Gasteiger partial charge in [-0.2, -0.15) is 26.3 Å². The van der Waals surface area contributed by atoms with Crippen LogP contribution in [-0.4, -0.2) is 18.8 Å². The maximum atomic E-state index is 12.4. The second-order valence-corrected chi connectivity index (χ2v) is 3.74. The summed E-state index contributed by atoms with van der Waals surface area (Å²) in [6.45, 7) is -0.613. The van der Waals surface area contributed by atoms with Gasteiger partial charge in [0.1, 0.15) is 5.75 Å². The van der Waals surface area contributed by atoms with Gasteiger partial charge in [-0.1, -0.05) is 0 Å². The number of alkyl halides is 6. The summed E-state index contributed by atoms with van der Waals surface area (Å²) in [5.74, 6) is -0.239. The molecule has 0 aliphatic carbocycles. The van der Waals surface area contributed by atoms with Crippen molar-refractivity contribution in [3.8, 4) is 5.75 Å². The van der Waals surface area contributed by atoms with E-state index in [2.05, 4.69) is 10.1 Å². The largest absolute Gasteiger partial charge is 0.477 e. The summed E-state index contributed by atoms with van der Waals surface area (Å²) in [6, 6.07) is 2.28. The van der Waals surface area contributed by atoms with Gasteiger partial charge in [0, 0.05) is 0 Å². The van der Waals surface area contributed by atoms with Crippen molar-refractivity contribution in [2.24, 2.45) is 0 Å². The number of anilines is 1. The molecule has 8 heteroatoms. The first kappa shape index (κ1) is 12.8. The Hall–Kier alpha value is -1.60. The molecule has 1 aliphatic heterocycles. The van der Waals surface area contributed by atoms with Gasteiger partial charge in [0.25, 0.3) is 0 Å². The van der Waals surface area contributed by atoms with Crippen molar-refractivity contribution in [1.82, 2.24) is 0 Å². The van der Waals surface area contributed by atoms with Gasteiger partial charge in [0.15, 0.2) is 0 Å². The highest BCUT2D eigenvalue weighted by Gasteiger charge is 2.44. The summed E-state index contributed by atoms with van der Waals surface area (Å²) in [7, 11) is 0. The minimum absolute atomic E-state index is 0.0923. The minimum Gasteiger partial charge on any atom is -0.477 e. The molecule has 0 bridgehead atoms. The maximum absolute atomic E-state index is 12.4. The van der Waals surface area contributed by atoms with E-state index in [1.165, 1.54) is 0 Å². The predicted molar refractivity (Wildman–Crippen MR) is 50.4 cm³/mol. The highest BCUT2D eigenvalue weighted by molar-refractivity contribution is 5.60. The van der Waals surface area contributed by atoms with Crippen molar-refractivity contribution < 1.29 is 31.1 Å². The van der Waals surface area contributed by atoms with Gasteiger partial charge in [-0.05, 0) is 18.2 Å². The van der Waals surface area contributed by atoms with Crippen molar-refractivity contribution in [2.45, 2.75) is 18.5 Å². The Morgan fingerprint density at radius 2 is 1.78 bits per heavy atom. The molecule has 0 saturated carbocycles. The minimum atomic E-state index is -4.56. The molecular weight excluding hydrogens is 264 g/mol. The van der Waals surface area contributed by atoms with Gasteiger partial charge in [-0.3, -0.25) is 0 Å². The second kappa shape index (κ2) is 3.96. The van der Waals surface area contributed by atoms with Crippen LogP contribution in [0.25, 0.3) is 0 Å². The fraction of sp³-hybridized carbons (Fsp3) is 0.400. The van der Waals surface area contributed by atoms with E-state index in [9.17, 15) is 26.3 Å². The summed E-state index contributed by atoms with van der Waals surface area (Å²) in [5.41, 5.74) is -1.03. The van der Waals surface area contributed by atoms with Crippen LogP contribution in [0.2, 0.25) is 0 Å². The SMILES string of the molecule is FC(F)(F)c1ccc2c(c1)NCC(C(F)(F)F)O2. The zero-order valence-corrected chi connectivity index (χ0v) is 8.69. The molecule has 0 radical (unpaired) electrons. The third-order valence-electron chi connectivity index (χ3n) is 2.42. The standard InChI is InChI=1S/C10H7F6NO/c11-9(12,13)5-1-2-7-6(3-5)17-4-8(18-7)10(14,15)16/h1-3,8,17H,4H2. The summed E-state index contributed by atoms with van der Waals surface area (Å²) in [5, 5.41) is 2.29. The molecule has 2 rings (SSSR count). The number of hydrogen-bond donors (Lipinski definition) is 1. The summed E-state index contributed by atoms with van der Waals surface area (Å²) in [4.78, 5) is 0. The molecule has 0 saturated heterocycles. The van der Waals surface area contributed by atoms with Crippen LogP contribution in [0.15, 0.2) is 18.2 Å². The summed E-state index contributed by atoms with van der Waals surface area (Å²) in [6.07, 6.45) is -11.2. The van der Waals surface area contributed by atoms with Crippen molar-refractivity contribution in [3.05, 3.63) is 23.8 Å². The highest BCUT2D eigenvalue weighted by atomic mass is 19.4. The number of fused-ring (bicyclic) bond motifs is 1. The number of nitrogens with one attached hydrogen (secondary N) is 1. The quantitative estimate of drug-likeness (QED) is 0.730. The third-order valence-corrected chi connectivity index (χ3v) is 2.42. The van der Waals surface area contributed by atoms with Crippen LogP contribution in [0.1, 0.15) is 5.56 Å². The van der Waals surface area contributed by atoms with Crippen LogP contribution in [0.5, 0.6) is 5.75 Å². The van der Waals surface area contributed by atoms with E-state index < -0.39 is 30.6 Å². The van der Waals surface area contributed by atoms with Gasteiger partial charge in [-0.15, -0.1) is 0 Å². The normalized spacial score (nSPS) is 19.8. The Labute approximate surface area is 97.5 Å². The number of halogens is 6. The molecule has 0 fully saturated rings. The Morgan fingerprint density at radius 1 is 1.11 bits per heavy atom. The van der Waals surface area contributed by atoms with E-state index in [4.69, 9.17) is 0 Å². The van der Waals surface area contributed by atoms with E-state index in [1.807, 2.05) is 0 Å². The van der Waals surface area contributed by atoms with Crippen LogP contribution >= 0.6 is 0 Å². The maximum Gasteiger partial charge on any atom is 0.427 e. The molecule has 1 N–H and O–H groups in total. The number of rotatable bonds is 0. The van der Waals surface area contributed by atoms with E-state index >= 15 is 0 Å². The molecule has 1 aromatic rings. The van der Waals surface area contributed by atoms with Gasteiger partial charge < -0.3 is 10.1 Å². The van der Waals surface area contributed by atoms with Crippen molar-refractivity contribution >= 4 is 5.69 Å². The van der Waals surface area contributed by atoms with Gasteiger partial charge in [-0.25, -0.2) is 0 Å². The van der Waals surface area contributed by atoms with Crippen molar-refractivity contribution in [3.63, 3.8) is 0 Å². The van der Waals surface area contributed by atoms with E-state index in [-0.39, 0.29) is 11.4 Å². The summed E-state index contributed by atoms with van der Waals surface area (Å²) < 4.78 is 78.8. The average Bonchev–Trinajstić information content (AvgIpc) is 2.25. The Balaban J connectivity index is 2.27. The Morgan fingerprint density at radius 3 is 2.33 bits per heavy atom. The first-order chi connectivity index (χ1) is 8.18. The Bertz CT molecular complexity index is 453. The average molecular weight is 271 g/mol. The smallest absolute Gasteiger partial charge is 0.427 e. The van der Waals surface area contributed by atoms with Crippen LogP contribution in [0, 0.1) is 0 Å². The van der Waals surface area contributed by atoms with Gasteiger partial charge in [0.05, 0.1) is 17.8 Å². The monoisotopic (exact) mass is 271 g/mol. The fourth-order valence-corrected chi connectivity index (χ4v) is 1.53. The second-order valence-electron chi connectivity index (χ2n) is 3.74. The highest BCUT2D eigenvalue weighted by Crippen LogP contribution is 2.38. The van der Waals surface area contributed by atoms with Crippen molar-refractivity contribution in [1.29, 1.82) is 0 Å². The molecule has 0 aromatic heterocycles. The van der Waals surface area contributed by atoms with E-state index in [0.717, 1.165) is 12.1 Å². The molecule has 0 amide bonds. The molecule has 100 valence electrons. The Kier molecular flexibility index (Phi) is 2.83. The molecule has 1 unspecified atom stereocenters. The molecule has 1 heterocycles. The first-order valence-corrected chi connectivity index (χ1v) is 4.86. The lowest BCUT2D eigenvalue weighted by Crippen LogP contribution is -2.42. The van der Waals surface area contributed by atoms with Crippen LogP contribution in [0.4, 0.5) is 32.0 Å². The lowest BCUT2D eigenvalue weighted by atomic mass is 10.1. The van der Waals surface area contributed by atoms with E-state index in [1.54, 1.807) is 0 Å². The number of benzene rings is 1. The zero-order chi connectivity index (χ0) is 13.6. The van der Waals surface area contributed by atoms with E-state index in [0.29, 0.717) is 6.07 Å². The molecule has 1 aliphatic rings. The molecule has 0 spiro atoms. The van der Waals surface area contributed by atoms with Crippen LogP contribution in [-0.2, 0) is 6.18 Å². The molecule has 2 nitrogen and oxygen atoms in total. The molecule has 1 atom stereocenters. The van der Waals surface area contributed by atoms with Crippen molar-refractivity contribution in [2.75, 3.05) is 11.9 Å².